The van der Waals surface area contributed by atoms with Crippen LogP contribution in [0.3, 0.4) is 0 Å². The van der Waals surface area contributed by atoms with E-state index in [1.54, 1.807) is 0 Å². The molecule has 6 heteroatoms. The molecule has 2 aromatic carbocycles. The Bertz CT molecular complexity index is 686. The second kappa shape index (κ2) is 6.62. The molecule has 0 aliphatic heterocycles. The van der Waals surface area contributed by atoms with E-state index in [9.17, 15) is 20.1 Å². The number of nitrogens with one attached hydrogen (secondary N) is 1. The summed E-state index contributed by atoms with van der Waals surface area (Å²) in [4.78, 5) is 11.8. The van der Waals surface area contributed by atoms with Crippen LogP contribution in [0.2, 0.25) is 0 Å². The van der Waals surface area contributed by atoms with E-state index in [0.717, 1.165) is 24.1 Å². The number of hydrogen-bond donors (Lipinski definition) is 4. The van der Waals surface area contributed by atoms with Crippen molar-refractivity contribution in [3.8, 4) is 17.2 Å². The average molecular weight is 300 g/mol. The first kappa shape index (κ1) is 15.4. The molecule has 0 heterocycles. The minimum absolute atomic E-state index is 0.0220. The fourth-order valence-electron chi connectivity index (χ4n) is 1.80. The molecule has 0 aromatic heterocycles. The van der Waals surface area contributed by atoms with Gasteiger partial charge in [-0.2, -0.15) is 5.10 Å². The number of nitrogens with zero attached hydrogens (tertiary/aromatic N) is 1. The lowest BCUT2D eigenvalue weighted by molar-refractivity contribution is 0.0954. The molecular weight excluding hydrogens is 284 g/mol. The van der Waals surface area contributed by atoms with Crippen LogP contribution in [0.1, 0.15) is 28.4 Å². The molecule has 6 nitrogen and oxygen atoms in total. The molecule has 1 amide bonds. The molecule has 22 heavy (non-hydrogen) atoms. The van der Waals surface area contributed by atoms with E-state index in [1.807, 2.05) is 24.3 Å². The van der Waals surface area contributed by atoms with Gasteiger partial charge in [0.25, 0.3) is 5.91 Å². The molecule has 0 saturated heterocycles. The van der Waals surface area contributed by atoms with Crippen LogP contribution in [-0.2, 0) is 6.42 Å². The second-order valence-electron chi connectivity index (χ2n) is 4.66. The fourth-order valence-corrected chi connectivity index (χ4v) is 1.80. The van der Waals surface area contributed by atoms with Crippen LogP contribution in [0.5, 0.6) is 17.2 Å². The molecule has 0 bridgehead atoms. The molecule has 0 unspecified atom stereocenters. The first-order chi connectivity index (χ1) is 10.5. The molecule has 2 rings (SSSR count). The second-order valence-corrected chi connectivity index (χ2v) is 4.66. The molecule has 0 fully saturated rings. The van der Waals surface area contributed by atoms with Gasteiger partial charge in [0.15, 0.2) is 17.2 Å². The van der Waals surface area contributed by atoms with E-state index in [4.69, 9.17) is 0 Å². The minimum atomic E-state index is -0.670. The Balaban J connectivity index is 2.04. The van der Waals surface area contributed by atoms with Crippen LogP contribution in [0, 0.1) is 0 Å². The maximum atomic E-state index is 11.8. The van der Waals surface area contributed by atoms with Gasteiger partial charge in [-0.05, 0) is 29.7 Å². The smallest absolute Gasteiger partial charge is 0.271 e. The van der Waals surface area contributed by atoms with Crippen molar-refractivity contribution in [2.75, 3.05) is 0 Å². The third kappa shape index (κ3) is 3.54. The van der Waals surface area contributed by atoms with Crippen LogP contribution in [0.15, 0.2) is 41.5 Å². The van der Waals surface area contributed by atoms with Crippen molar-refractivity contribution in [2.45, 2.75) is 13.3 Å². The zero-order valence-electron chi connectivity index (χ0n) is 11.9. The first-order valence-electron chi connectivity index (χ1n) is 6.68. The number of amides is 1. The van der Waals surface area contributed by atoms with E-state index in [1.165, 1.54) is 11.8 Å². The third-order valence-corrected chi connectivity index (χ3v) is 3.10. The summed E-state index contributed by atoms with van der Waals surface area (Å²) in [5.41, 5.74) is 4.29. The Kier molecular flexibility index (Phi) is 4.63. The predicted molar refractivity (Wildman–Crippen MR) is 82.3 cm³/mol. The Morgan fingerprint density at radius 3 is 2.27 bits per heavy atom. The number of carbonyl (C=O) groups excluding carboxylic acids is 1. The van der Waals surface area contributed by atoms with Crippen LogP contribution in [0.25, 0.3) is 0 Å². The van der Waals surface area contributed by atoms with Gasteiger partial charge in [-0.15, -0.1) is 0 Å². The molecular formula is C16H16N2O4. The Hall–Kier alpha value is -3.02. The zero-order valence-corrected chi connectivity index (χ0v) is 11.9. The number of benzene rings is 2. The lowest BCUT2D eigenvalue weighted by Gasteiger charge is -2.04. The molecule has 2 aromatic rings. The monoisotopic (exact) mass is 300 g/mol. The standard InChI is InChI=1S/C16H16N2O4/c1-2-10-3-5-11(6-4-10)9-17-18-16(22)12-7-13(19)15(21)14(20)8-12/h3-9,19-21H,2H2,1H3,(H,18,22)/b17-9+. The van der Waals surface area contributed by atoms with E-state index < -0.39 is 23.2 Å². The highest BCUT2D eigenvalue weighted by Gasteiger charge is 2.12. The number of aromatic hydroxyl groups is 3. The predicted octanol–water partition coefficient (Wildman–Crippen LogP) is 2.13. The van der Waals surface area contributed by atoms with Crippen molar-refractivity contribution >= 4 is 12.1 Å². The number of hydrogen-bond acceptors (Lipinski definition) is 5. The summed E-state index contributed by atoms with van der Waals surface area (Å²) in [5, 5.41) is 31.7. The molecule has 0 aliphatic carbocycles. The number of phenols is 3. The first-order valence-corrected chi connectivity index (χ1v) is 6.68. The van der Waals surface area contributed by atoms with Crippen molar-refractivity contribution in [2.24, 2.45) is 5.10 Å². The van der Waals surface area contributed by atoms with E-state index in [2.05, 4.69) is 17.5 Å². The van der Waals surface area contributed by atoms with Crippen LogP contribution in [-0.4, -0.2) is 27.4 Å². The van der Waals surface area contributed by atoms with Gasteiger partial charge in [-0.3, -0.25) is 4.79 Å². The Labute approximate surface area is 127 Å². The van der Waals surface area contributed by atoms with Crippen molar-refractivity contribution in [3.63, 3.8) is 0 Å². The molecule has 0 atom stereocenters. The minimum Gasteiger partial charge on any atom is -0.504 e. The molecule has 114 valence electrons. The van der Waals surface area contributed by atoms with Gasteiger partial charge in [0.05, 0.1) is 6.21 Å². The summed E-state index contributed by atoms with van der Waals surface area (Å²) in [6, 6.07) is 9.78. The van der Waals surface area contributed by atoms with E-state index >= 15 is 0 Å². The molecule has 4 N–H and O–H groups in total. The summed E-state index contributed by atoms with van der Waals surface area (Å²) in [7, 11) is 0. The number of rotatable bonds is 4. The summed E-state index contributed by atoms with van der Waals surface area (Å²) in [6.07, 6.45) is 2.43. The highest BCUT2D eigenvalue weighted by atomic mass is 16.3. The topological polar surface area (TPSA) is 102 Å². The quantitative estimate of drug-likeness (QED) is 0.394. The van der Waals surface area contributed by atoms with E-state index in [0.29, 0.717) is 0 Å². The molecule has 0 aliphatic rings. The van der Waals surface area contributed by atoms with E-state index in [-0.39, 0.29) is 5.56 Å². The fraction of sp³-hybridized carbons (Fsp3) is 0.125. The summed E-state index contributed by atoms with van der Waals surface area (Å²) in [6.45, 7) is 2.06. The van der Waals surface area contributed by atoms with Crippen molar-refractivity contribution in [3.05, 3.63) is 53.1 Å². The van der Waals surface area contributed by atoms with Crippen LogP contribution < -0.4 is 5.43 Å². The van der Waals surface area contributed by atoms with Gasteiger partial charge in [-0.1, -0.05) is 31.2 Å². The van der Waals surface area contributed by atoms with Gasteiger partial charge in [0, 0.05) is 5.56 Å². The maximum absolute atomic E-state index is 11.8. The number of phenolic OH excluding ortho intramolecular Hbond substituents is 3. The van der Waals surface area contributed by atoms with Gasteiger partial charge >= 0.3 is 0 Å². The number of carbonyl (C=O) groups is 1. The number of aryl methyl sites for hydroxylation is 1. The molecule has 0 spiro atoms. The summed E-state index contributed by atoms with van der Waals surface area (Å²) in [5.74, 6) is -2.45. The normalized spacial score (nSPS) is 10.8. The van der Waals surface area contributed by atoms with Gasteiger partial charge < -0.3 is 15.3 Å². The summed E-state index contributed by atoms with van der Waals surface area (Å²) < 4.78 is 0. The highest BCUT2D eigenvalue weighted by molar-refractivity contribution is 5.96. The van der Waals surface area contributed by atoms with Crippen LogP contribution >= 0.6 is 0 Å². The lowest BCUT2D eigenvalue weighted by Crippen LogP contribution is -2.17. The van der Waals surface area contributed by atoms with Gasteiger partial charge in [0.2, 0.25) is 0 Å². The zero-order chi connectivity index (χ0) is 16.1. The highest BCUT2D eigenvalue weighted by Crippen LogP contribution is 2.35. The SMILES string of the molecule is CCc1ccc(/C=N/NC(=O)c2cc(O)c(O)c(O)c2)cc1. The summed E-state index contributed by atoms with van der Waals surface area (Å²) >= 11 is 0. The van der Waals surface area contributed by atoms with Gasteiger partial charge in [0.1, 0.15) is 0 Å². The Morgan fingerprint density at radius 1 is 1.14 bits per heavy atom. The van der Waals surface area contributed by atoms with Crippen LogP contribution in [0.4, 0.5) is 0 Å². The Morgan fingerprint density at radius 2 is 1.73 bits per heavy atom. The largest absolute Gasteiger partial charge is 0.504 e. The molecule has 0 radical (unpaired) electrons. The van der Waals surface area contributed by atoms with Crippen molar-refractivity contribution < 1.29 is 20.1 Å². The lowest BCUT2D eigenvalue weighted by atomic mass is 10.1. The maximum Gasteiger partial charge on any atom is 0.271 e. The van der Waals surface area contributed by atoms with Crippen molar-refractivity contribution in [1.29, 1.82) is 0 Å². The molecule has 0 saturated carbocycles. The average Bonchev–Trinajstić information content (AvgIpc) is 2.52. The third-order valence-electron chi connectivity index (χ3n) is 3.10. The van der Waals surface area contributed by atoms with Crippen molar-refractivity contribution in [1.82, 2.24) is 5.43 Å². The van der Waals surface area contributed by atoms with Gasteiger partial charge in [-0.25, -0.2) is 5.43 Å². The number of hydrazone groups is 1.